The molecule has 1 heterocycles. The maximum atomic E-state index is 12.3. The summed E-state index contributed by atoms with van der Waals surface area (Å²) in [5, 5.41) is 6.02. The highest BCUT2D eigenvalue weighted by Crippen LogP contribution is 2.07. The van der Waals surface area contributed by atoms with Gasteiger partial charge in [0.05, 0.1) is 0 Å². The van der Waals surface area contributed by atoms with E-state index in [1.165, 1.54) is 0 Å². The molecular weight excluding hydrogens is 218 g/mol. The molecule has 1 rings (SSSR count). The summed E-state index contributed by atoms with van der Waals surface area (Å²) in [6.07, 6.45) is 0.415. The monoisotopic (exact) mass is 241 g/mol. The van der Waals surface area contributed by atoms with Crippen molar-refractivity contribution in [1.29, 1.82) is 0 Å². The van der Waals surface area contributed by atoms with Gasteiger partial charge in [0.15, 0.2) is 0 Å². The van der Waals surface area contributed by atoms with Crippen molar-refractivity contribution in [1.82, 2.24) is 15.5 Å². The molecule has 0 aliphatic carbocycles. The molecule has 0 spiro atoms. The van der Waals surface area contributed by atoms with E-state index in [4.69, 9.17) is 0 Å². The molecule has 2 amide bonds. The second-order valence-corrected chi connectivity index (χ2v) is 4.72. The summed E-state index contributed by atoms with van der Waals surface area (Å²) in [5.41, 5.74) is 0. The molecule has 0 saturated carbocycles. The number of rotatable bonds is 4. The smallest absolute Gasteiger partial charge is 0.245 e. The Bertz CT molecular complexity index is 273. The number of nitrogens with one attached hydrogen (secondary N) is 2. The minimum atomic E-state index is -0.388. The van der Waals surface area contributed by atoms with Crippen LogP contribution in [0.5, 0.6) is 0 Å². The number of hydrogen-bond donors (Lipinski definition) is 2. The third-order valence-corrected chi connectivity index (χ3v) is 3.00. The normalized spacial score (nSPS) is 18.0. The van der Waals surface area contributed by atoms with Gasteiger partial charge in [-0.1, -0.05) is 20.8 Å². The second-order valence-electron chi connectivity index (χ2n) is 4.72. The fourth-order valence-electron chi connectivity index (χ4n) is 1.87. The summed E-state index contributed by atoms with van der Waals surface area (Å²) < 4.78 is 0. The number of hydrogen-bond acceptors (Lipinski definition) is 3. The summed E-state index contributed by atoms with van der Waals surface area (Å²) in [6, 6.07) is -0.388. The molecule has 1 atom stereocenters. The molecule has 1 saturated heterocycles. The topological polar surface area (TPSA) is 61.4 Å². The highest BCUT2D eigenvalue weighted by molar-refractivity contribution is 5.87. The molecular formula is C12H23N3O2. The molecule has 1 aliphatic rings. The second kappa shape index (κ2) is 6.59. The van der Waals surface area contributed by atoms with Gasteiger partial charge in [0.25, 0.3) is 0 Å². The summed E-state index contributed by atoms with van der Waals surface area (Å²) in [4.78, 5) is 25.5. The first-order valence-corrected chi connectivity index (χ1v) is 6.35. The first-order chi connectivity index (χ1) is 8.06. The molecule has 0 bridgehead atoms. The minimum absolute atomic E-state index is 0.0447. The zero-order valence-electron chi connectivity index (χ0n) is 11.0. The lowest BCUT2D eigenvalue weighted by Crippen LogP contribution is -2.55. The van der Waals surface area contributed by atoms with E-state index in [0.717, 1.165) is 26.2 Å². The van der Waals surface area contributed by atoms with Crippen LogP contribution in [0.2, 0.25) is 0 Å². The Kier molecular flexibility index (Phi) is 5.41. The number of carbonyl (C=O) groups is 2. The van der Waals surface area contributed by atoms with Crippen LogP contribution in [0.3, 0.4) is 0 Å². The first kappa shape index (κ1) is 14.0. The van der Waals surface area contributed by atoms with Gasteiger partial charge in [-0.25, -0.2) is 0 Å². The third-order valence-electron chi connectivity index (χ3n) is 3.00. The summed E-state index contributed by atoms with van der Waals surface area (Å²) in [6.45, 7) is 8.83. The molecule has 0 radical (unpaired) electrons. The lowest BCUT2D eigenvalue weighted by molar-refractivity contribution is -0.138. The minimum Gasteiger partial charge on any atom is -0.344 e. The van der Waals surface area contributed by atoms with E-state index in [1.54, 1.807) is 6.92 Å². The first-order valence-electron chi connectivity index (χ1n) is 6.35. The average molecular weight is 241 g/mol. The van der Waals surface area contributed by atoms with Gasteiger partial charge in [-0.3, -0.25) is 9.59 Å². The molecule has 98 valence electrons. The van der Waals surface area contributed by atoms with Crippen molar-refractivity contribution in [2.75, 3.05) is 26.2 Å². The van der Waals surface area contributed by atoms with Gasteiger partial charge in [0.2, 0.25) is 11.8 Å². The average Bonchev–Trinajstić information content (AvgIpc) is 2.35. The number of piperazine rings is 1. The van der Waals surface area contributed by atoms with Gasteiger partial charge in [0.1, 0.15) is 6.04 Å². The zero-order valence-corrected chi connectivity index (χ0v) is 11.0. The Morgan fingerprint density at radius 1 is 1.29 bits per heavy atom. The van der Waals surface area contributed by atoms with Gasteiger partial charge in [-0.2, -0.15) is 0 Å². The van der Waals surface area contributed by atoms with Crippen LogP contribution >= 0.6 is 0 Å². The molecule has 0 aromatic heterocycles. The van der Waals surface area contributed by atoms with Crippen molar-refractivity contribution in [2.45, 2.75) is 33.2 Å². The fraction of sp³-hybridized carbons (Fsp3) is 0.833. The Balaban J connectivity index is 2.62. The standard InChI is InChI=1S/C12H23N3O2/c1-4-10(16)14-11(9(2)3)12(17)15-7-5-13-6-8-15/h9,11,13H,4-8H2,1-3H3,(H,14,16). The predicted molar refractivity (Wildman–Crippen MR) is 66.5 cm³/mol. The highest BCUT2D eigenvalue weighted by atomic mass is 16.2. The van der Waals surface area contributed by atoms with Crippen molar-refractivity contribution in [3.63, 3.8) is 0 Å². The van der Waals surface area contributed by atoms with Gasteiger partial charge >= 0.3 is 0 Å². The summed E-state index contributed by atoms with van der Waals surface area (Å²) in [7, 11) is 0. The van der Waals surface area contributed by atoms with Crippen LogP contribution < -0.4 is 10.6 Å². The van der Waals surface area contributed by atoms with Crippen LogP contribution in [0.1, 0.15) is 27.2 Å². The summed E-state index contributed by atoms with van der Waals surface area (Å²) >= 11 is 0. The molecule has 1 fully saturated rings. The van der Waals surface area contributed by atoms with Crippen LogP contribution in [-0.2, 0) is 9.59 Å². The van der Waals surface area contributed by atoms with E-state index in [-0.39, 0.29) is 23.8 Å². The van der Waals surface area contributed by atoms with Gasteiger partial charge in [-0.05, 0) is 5.92 Å². The van der Waals surface area contributed by atoms with E-state index < -0.39 is 0 Å². The molecule has 0 aromatic carbocycles. The van der Waals surface area contributed by atoms with Crippen molar-refractivity contribution in [2.24, 2.45) is 5.92 Å². The van der Waals surface area contributed by atoms with E-state index in [0.29, 0.717) is 6.42 Å². The van der Waals surface area contributed by atoms with Crippen molar-refractivity contribution in [3.05, 3.63) is 0 Å². The zero-order chi connectivity index (χ0) is 12.8. The number of amides is 2. The lowest BCUT2D eigenvalue weighted by Gasteiger charge is -2.32. The number of nitrogens with zero attached hydrogens (tertiary/aromatic N) is 1. The molecule has 17 heavy (non-hydrogen) atoms. The predicted octanol–water partition coefficient (Wildman–Crippen LogP) is -0.0310. The number of carbonyl (C=O) groups excluding carboxylic acids is 2. The van der Waals surface area contributed by atoms with Crippen LogP contribution in [-0.4, -0.2) is 48.9 Å². The molecule has 5 heteroatoms. The van der Waals surface area contributed by atoms with Gasteiger partial charge < -0.3 is 15.5 Å². The molecule has 5 nitrogen and oxygen atoms in total. The quantitative estimate of drug-likeness (QED) is 0.726. The Labute approximate surface area is 103 Å². The lowest BCUT2D eigenvalue weighted by atomic mass is 10.0. The van der Waals surface area contributed by atoms with Crippen LogP contribution in [0.25, 0.3) is 0 Å². The van der Waals surface area contributed by atoms with Gasteiger partial charge in [0, 0.05) is 32.6 Å². The summed E-state index contributed by atoms with van der Waals surface area (Å²) in [5.74, 6) is 0.100. The SMILES string of the molecule is CCC(=O)NC(C(=O)N1CCNCC1)C(C)C. The molecule has 0 aromatic rings. The van der Waals surface area contributed by atoms with Crippen molar-refractivity contribution < 1.29 is 9.59 Å². The van der Waals surface area contributed by atoms with E-state index in [2.05, 4.69) is 10.6 Å². The Morgan fingerprint density at radius 2 is 1.88 bits per heavy atom. The third kappa shape index (κ3) is 4.00. The fourth-order valence-corrected chi connectivity index (χ4v) is 1.87. The van der Waals surface area contributed by atoms with Crippen LogP contribution in [0, 0.1) is 5.92 Å². The highest BCUT2D eigenvalue weighted by Gasteiger charge is 2.28. The Hall–Kier alpha value is -1.10. The Morgan fingerprint density at radius 3 is 2.35 bits per heavy atom. The molecule has 2 N–H and O–H groups in total. The van der Waals surface area contributed by atoms with E-state index in [1.807, 2.05) is 18.7 Å². The maximum absolute atomic E-state index is 12.3. The van der Waals surface area contributed by atoms with Gasteiger partial charge in [-0.15, -0.1) is 0 Å². The maximum Gasteiger partial charge on any atom is 0.245 e. The van der Waals surface area contributed by atoms with E-state index in [9.17, 15) is 9.59 Å². The molecule has 1 aliphatic heterocycles. The van der Waals surface area contributed by atoms with E-state index >= 15 is 0 Å². The van der Waals surface area contributed by atoms with Crippen molar-refractivity contribution >= 4 is 11.8 Å². The molecule has 1 unspecified atom stereocenters. The van der Waals surface area contributed by atoms with Crippen LogP contribution in [0.15, 0.2) is 0 Å². The van der Waals surface area contributed by atoms with Crippen molar-refractivity contribution in [3.8, 4) is 0 Å². The van der Waals surface area contributed by atoms with Crippen LogP contribution in [0.4, 0.5) is 0 Å². The largest absolute Gasteiger partial charge is 0.344 e.